The summed E-state index contributed by atoms with van der Waals surface area (Å²) in [4.78, 5) is 26.1. The second-order valence-corrected chi connectivity index (χ2v) is 9.30. The number of carbonyl (C=O) groups is 2. The zero-order chi connectivity index (χ0) is 22.7. The maximum atomic E-state index is 14.4. The Balaban J connectivity index is 1.53. The molecule has 0 unspecified atom stereocenters. The van der Waals surface area contributed by atoms with Crippen LogP contribution in [0.15, 0.2) is 36.4 Å². The van der Waals surface area contributed by atoms with Gasteiger partial charge in [-0.2, -0.15) is 0 Å². The average Bonchev–Trinajstić information content (AvgIpc) is 3.16. The average molecular weight is 455 g/mol. The number of halogens is 1. The van der Waals surface area contributed by atoms with Crippen molar-refractivity contribution >= 4 is 38.9 Å². The molecule has 1 heterocycles. The third kappa shape index (κ3) is 4.69. The van der Waals surface area contributed by atoms with E-state index in [4.69, 9.17) is 4.74 Å². The lowest BCUT2D eigenvalue weighted by molar-refractivity contribution is 0.0927. The van der Waals surface area contributed by atoms with Gasteiger partial charge in [-0.15, -0.1) is 11.3 Å². The van der Waals surface area contributed by atoms with Crippen molar-refractivity contribution in [3.05, 3.63) is 63.8 Å². The number of hydrogen-bond donors (Lipinski definition) is 2. The van der Waals surface area contributed by atoms with Gasteiger partial charge in [0, 0.05) is 40.1 Å². The minimum atomic E-state index is -0.366. The fourth-order valence-corrected chi connectivity index (χ4v) is 5.39. The zero-order valence-corrected chi connectivity index (χ0v) is 19.1. The van der Waals surface area contributed by atoms with Crippen molar-refractivity contribution in [1.29, 1.82) is 0 Å². The molecule has 0 saturated heterocycles. The number of hydrogen-bond acceptors (Lipinski definition) is 4. The van der Waals surface area contributed by atoms with E-state index < -0.39 is 0 Å². The van der Waals surface area contributed by atoms with Crippen molar-refractivity contribution in [2.45, 2.75) is 51.7 Å². The van der Waals surface area contributed by atoms with Crippen molar-refractivity contribution in [2.24, 2.45) is 0 Å². The Bertz CT molecular complexity index is 1150. The van der Waals surface area contributed by atoms with Crippen LogP contribution < -0.4 is 10.6 Å². The van der Waals surface area contributed by atoms with Gasteiger partial charge in [0.1, 0.15) is 5.82 Å². The van der Waals surface area contributed by atoms with E-state index in [-0.39, 0.29) is 30.3 Å². The van der Waals surface area contributed by atoms with Gasteiger partial charge < -0.3 is 15.4 Å². The SMILES string of the molecule is COCc1c(C(=O)Nc2ccc(C(=O)NC3CCCCC3)cc2C)sc2cccc(F)c12. The summed E-state index contributed by atoms with van der Waals surface area (Å²) in [5.41, 5.74) is 2.53. The molecule has 168 valence electrons. The molecule has 0 atom stereocenters. The fourth-order valence-electron chi connectivity index (χ4n) is 4.27. The summed E-state index contributed by atoms with van der Waals surface area (Å²) in [6.07, 6.45) is 5.60. The van der Waals surface area contributed by atoms with Gasteiger partial charge in [-0.3, -0.25) is 9.59 Å². The summed E-state index contributed by atoms with van der Waals surface area (Å²) in [7, 11) is 1.52. The minimum absolute atomic E-state index is 0.0831. The molecule has 7 heteroatoms. The summed E-state index contributed by atoms with van der Waals surface area (Å²) in [5.74, 6) is -0.769. The van der Waals surface area contributed by atoms with Crippen LogP contribution in [0, 0.1) is 12.7 Å². The fraction of sp³-hybridized carbons (Fsp3) is 0.360. The van der Waals surface area contributed by atoms with Crippen LogP contribution in [0.4, 0.5) is 10.1 Å². The van der Waals surface area contributed by atoms with Crippen LogP contribution in [0.25, 0.3) is 10.1 Å². The molecule has 32 heavy (non-hydrogen) atoms. The molecule has 3 aromatic rings. The first-order valence-electron chi connectivity index (χ1n) is 10.9. The van der Waals surface area contributed by atoms with Gasteiger partial charge in [-0.1, -0.05) is 25.3 Å². The summed E-state index contributed by atoms with van der Waals surface area (Å²) in [6.45, 7) is 2.00. The Morgan fingerprint density at radius 1 is 1.12 bits per heavy atom. The molecule has 1 aliphatic carbocycles. The van der Waals surface area contributed by atoms with Gasteiger partial charge in [0.15, 0.2) is 0 Å². The summed E-state index contributed by atoms with van der Waals surface area (Å²) >= 11 is 1.24. The van der Waals surface area contributed by atoms with Crippen LogP contribution >= 0.6 is 11.3 Å². The largest absolute Gasteiger partial charge is 0.380 e. The Labute approximate surface area is 191 Å². The van der Waals surface area contributed by atoms with Gasteiger partial charge in [0.05, 0.1) is 11.5 Å². The number of benzene rings is 2. The highest BCUT2D eigenvalue weighted by Crippen LogP contribution is 2.34. The monoisotopic (exact) mass is 454 g/mol. The number of anilines is 1. The van der Waals surface area contributed by atoms with Crippen molar-refractivity contribution in [3.8, 4) is 0 Å². The lowest BCUT2D eigenvalue weighted by atomic mass is 9.95. The van der Waals surface area contributed by atoms with Crippen molar-refractivity contribution < 1.29 is 18.7 Å². The Morgan fingerprint density at radius 2 is 1.91 bits per heavy atom. The van der Waals surface area contributed by atoms with E-state index in [2.05, 4.69) is 10.6 Å². The van der Waals surface area contributed by atoms with E-state index in [0.717, 1.165) is 31.2 Å². The van der Waals surface area contributed by atoms with Gasteiger partial charge in [0.2, 0.25) is 0 Å². The van der Waals surface area contributed by atoms with Crippen LogP contribution in [0.3, 0.4) is 0 Å². The van der Waals surface area contributed by atoms with Crippen molar-refractivity contribution in [1.82, 2.24) is 5.32 Å². The van der Waals surface area contributed by atoms with Gasteiger partial charge in [0.25, 0.3) is 11.8 Å². The molecule has 4 rings (SSSR count). The number of amides is 2. The molecule has 0 spiro atoms. The maximum Gasteiger partial charge on any atom is 0.266 e. The maximum absolute atomic E-state index is 14.4. The van der Waals surface area contributed by atoms with E-state index in [9.17, 15) is 14.0 Å². The Morgan fingerprint density at radius 3 is 2.62 bits per heavy atom. The van der Waals surface area contributed by atoms with Crippen LogP contribution in [0.5, 0.6) is 0 Å². The molecule has 1 aliphatic rings. The molecule has 0 radical (unpaired) electrons. The number of fused-ring (bicyclic) bond motifs is 1. The van der Waals surface area contributed by atoms with Crippen molar-refractivity contribution in [2.75, 3.05) is 12.4 Å². The Kier molecular flexibility index (Phi) is 6.86. The topological polar surface area (TPSA) is 67.4 Å². The third-order valence-corrected chi connectivity index (χ3v) is 7.13. The van der Waals surface area contributed by atoms with Crippen LogP contribution in [-0.4, -0.2) is 25.0 Å². The standard InChI is InChI=1S/C25H27FN2O3S/c1-15-13-16(24(29)27-17-7-4-3-5-8-17)11-12-20(15)28-25(30)23-18(14-31-2)22-19(26)9-6-10-21(22)32-23/h6,9-13,17H,3-5,7-8,14H2,1-2H3,(H,27,29)(H,28,30). The molecule has 1 aromatic heterocycles. The predicted molar refractivity (Wildman–Crippen MR) is 126 cm³/mol. The van der Waals surface area contributed by atoms with E-state index in [1.807, 2.05) is 6.92 Å². The lowest BCUT2D eigenvalue weighted by Crippen LogP contribution is -2.36. The molecular formula is C25H27FN2O3S. The van der Waals surface area contributed by atoms with Crippen LogP contribution in [0.1, 0.15) is 63.3 Å². The molecule has 1 fully saturated rings. The number of methoxy groups -OCH3 is 1. The number of nitrogens with one attached hydrogen (secondary N) is 2. The van der Waals surface area contributed by atoms with Gasteiger partial charge >= 0.3 is 0 Å². The number of aryl methyl sites for hydroxylation is 1. The van der Waals surface area contributed by atoms with Gasteiger partial charge in [-0.25, -0.2) is 4.39 Å². The first-order chi connectivity index (χ1) is 15.5. The highest BCUT2D eigenvalue weighted by Gasteiger charge is 2.22. The third-order valence-electron chi connectivity index (χ3n) is 5.94. The summed E-state index contributed by atoms with van der Waals surface area (Å²) in [5, 5.41) is 6.46. The highest BCUT2D eigenvalue weighted by atomic mass is 32.1. The smallest absolute Gasteiger partial charge is 0.266 e. The van der Waals surface area contributed by atoms with E-state index in [1.165, 1.54) is 30.9 Å². The van der Waals surface area contributed by atoms with E-state index in [1.54, 1.807) is 30.3 Å². The quantitative estimate of drug-likeness (QED) is 0.494. The molecule has 0 bridgehead atoms. The number of carbonyl (C=O) groups excluding carboxylic acids is 2. The van der Waals surface area contributed by atoms with Gasteiger partial charge in [-0.05, 0) is 55.7 Å². The minimum Gasteiger partial charge on any atom is -0.380 e. The molecule has 5 nitrogen and oxygen atoms in total. The molecule has 2 amide bonds. The second kappa shape index (κ2) is 9.79. The molecule has 0 aliphatic heterocycles. The first kappa shape index (κ1) is 22.4. The highest BCUT2D eigenvalue weighted by molar-refractivity contribution is 7.21. The van der Waals surface area contributed by atoms with E-state index in [0.29, 0.717) is 31.8 Å². The molecule has 1 saturated carbocycles. The Hall–Kier alpha value is -2.77. The molecular weight excluding hydrogens is 427 g/mol. The lowest BCUT2D eigenvalue weighted by Gasteiger charge is -2.23. The summed E-state index contributed by atoms with van der Waals surface area (Å²) < 4.78 is 20.3. The van der Waals surface area contributed by atoms with Crippen molar-refractivity contribution in [3.63, 3.8) is 0 Å². The number of thiophene rings is 1. The number of rotatable bonds is 6. The zero-order valence-electron chi connectivity index (χ0n) is 18.3. The van der Waals surface area contributed by atoms with Crippen LogP contribution in [-0.2, 0) is 11.3 Å². The molecule has 2 aromatic carbocycles. The normalized spacial score (nSPS) is 14.5. The van der Waals surface area contributed by atoms with Crippen LogP contribution in [0.2, 0.25) is 0 Å². The second-order valence-electron chi connectivity index (χ2n) is 8.25. The first-order valence-corrected chi connectivity index (χ1v) is 11.7. The predicted octanol–water partition coefficient (Wildman–Crippen LogP) is 5.81. The summed E-state index contributed by atoms with van der Waals surface area (Å²) in [6, 6.07) is 10.3. The number of ether oxygens (including phenoxy) is 1. The van der Waals surface area contributed by atoms with E-state index >= 15 is 0 Å². The molecule has 2 N–H and O–H groups in total.